The first kappa shape index (κ1) is 18.8. The highest BCUT2D eigenvalue weighted by Gasteiger charge is 2.32. The first-order valence-electron chi connectivity index (χ1n) is 8.64. The summed E-state index contributed by atoms with van der Waals surface area (Å²) in [6.45, 7) is 2.33. The maximum atomic E-state index is 13.8. The third-order valence-corrected chi connectivity index (χ3v) is 5.28. The fraction of sp³-hybridized carbons (Fsp3) is 0.350. The molecule has 0 amide bonds. The van der Waals surface area contributed by atoms with Gasteiger partial charge >= 0.3 is 5.97 Å². The number of likely N-dealkylation sites (tertiary alicyclic amines) is 1. The molecule has 0 spiro atoms. The van der Waals surface area contributed by atoms with E-state index in [0.29, 0.717) is 18.0 Å². The van der Waals surface area contributed by atoms with Crippen molar-refractivity contribution in [3.05, 3.63) is 70.0 Å². The molecule has 0 radical (unpaired) electrons. The van der Waals surface area contributed by atoms with Crippen LogP contribution in [0.3, 0.4) is 0 Å². The van der Waals surface area contributed by atoms with E-state index in [4.69, 9.17) is 16.7 Å². The predicted octanol–water partition coefficient (Wildman–Crippen LogP) is 3.96. The van der Waals surface area contributed by atoms with Crippen LogP contribution < -0.4 is 5.32 Å². The summed E-state index contributed by atoms with van der Waals surface area (Å²) in [7, 11) is 2.05. The fourth-order valence-electron chi connectivity index (χ4n) is 3.68. The van der Waals surface area contributed by atoms with Crippen LogP contribution in [-0.2, 0) is 6.54 Å². The molecule has 1 saturated heterocycles. The predicted molar refractivity (Wildman–Crippen MR) is 100.0 cm³/mol. The van der Waals surface area contributed by atoms with Crippen molar-refractivity contribution in [3.63, 3.8) is 0 Å². The van der Waals surface area contributed by atoms with Crippen LogP contribution in [0, 0.1) is 11.7 Å². The van der Waals surface area contributed by atoms with E-state index < -0.39 is 5.97 Å². The largest absolute Gasteiger partial charge is 0.478 e. The van der Waals surface area contributed by atoms with Crippen molar-refractivity contribution < 1.29 is 14.3 Å². The fourth-order valence-corrected chi connectivity index (χ4v) is 3.80. The lowest BCUT2D eigenvalue weighted by molar-refractivity contribution is 0.0696. The summed E-state index contributed by atoms with van der Waals surface area (Å²) in [5.74, 6) is -0.959. The van der Waals surface area contributed by atoms with Gasteiger partial charge in [-0.15, -0.1) is 0 Å². The van der Waals surface area contributed by atoms with Crippen LogP contribution in [0.25, 0.3) is 0 Å². The third kappa shape index (κ3) is 4.23. The molecule has 1 fully saturated rings. The molecule has 1 aliphatic rings. The molecule has 138 valence electrons. The second-order valence-corrected chi connectivity index (χ2v) is 7.19. The highest BCUT2D eigenvalue weighted by molar-refractivity contribution is 6.30. The molecule has 0 bridgehead atoms. The zero-order chi connectivity index (χ0) is 18.7. The van der Waals surface area contributed by atoms with Crippen molar-refractivity contribution >= 4 is 17.6 Å². The second kappa shape index (κ2) is 8.16. The zero-order valence-electron chi connectivity index (χ0n) is 14.6. The number of nitrogens with zero attached hydrogens (tertiary/aromatic N) is 1. The van der Waals surface area contributed by atoms with Gasteiger partial charge in [-0.25, -0.2) is 9.18 Å². The topological polar surface area (TPSA) is 52.6 Å². The van der Waals surface area contributed by atoms with Gasteiger partial charge in [-0.05, 0) is 61.3 Å². The molecule has 1 aliphatic heterocycles. The summed E-state index contributed by atoms with van der Waals surface area (Å²) in [6, 6.07) is 12.1. The van der Waals surface area contributed by atoms with Crippen molar-refractivity contribution in [2.24, 2.45) is 5.92 Å². The van der Waals surface area contributed by atoms with Gasteiger partial charge in [0, 0.05) is 19.1 Å². The number of benzene rings is 2. The maximum Gasteiger partial charge on any atom is 0.335 e. The number of hydrogen-bond donors (Lipinski definition) is 2. The summed E-state index contributed by atoms with van der Waals surface area (Å²) < 4.78 is 13.8. The van der Waals surface area contributed by atoms with E-state index in [1.807, 2.05) is 19.2 Å². The van der Waals surface area contributed by atoms with Crippen molar-refractivity contribution in [1.29, 1.82) is 0 Å². The average molecular weight is 377 g/mol. The molecular weight excluding hydrogens is 355 g/mol. The third-order valence-electron chi connectivity index (χ3n) is 4.97. The number of carboxylic acids is 1. The molecule has 4 nitrogen and oxygen atoms in total. The molecule has 6 heteroatoms. The first-order valence-corrected chi connectivity index (χ1v) is 9.01. The minimum atomic E-state index is -0.922. The molecule has 0 aliphatic carbocycles. The van der Waals surface area contributed by atoms with Crippen molar-refractivity contribution in [3.8, 4) is 0 Å². The minimum absolute atomic E-state index is 0.139. The van der Waals surface area contributed by atoms with Crippen LogP contribution >= 0.6 is 11.6 Å². The van der Waals surface area contributed by atoms with Gasteiger partial charge in [0.1, 0.15) is 5.82 Å². The number of rotatable bonds is 6. The Kier molecular flexibility index (Phi) is 5.91. The summed E-state index contributed by atoms with van der Waals surface area (Å²) in [4.78, 5) is 13.3. The summed E-state index contributed by atoms with van der Waals surface area (Å²) in [5.41, 5.74) is 2.16. The van der Waals surface area contributed by atoms with E-state index in [-0.39, 0.29) is 16.9 Å². The van der Waals surface area contributed by atoms with Gasteiger partial charge in [-0.3, -0.25) is 4.90 Å². The Labute approximate surface area is 157 Å². The molecular formula is C20H22ClFN2O2. The van der Waals surface area contributed by atoms with Crippen molar-refractivity contribution in [1.82, 2.24) is 10.2 Å². The molecule has 0 aromatic heterocycles. The summed E-state index contributed by atoms with van der Waals surface area (Å²) in [6.07, 6.45) is 1.02. The van der Waals surface area contributed by atoms with Gasteiger partial charge in [-0.2, -0.15) is 0 Å². The molecule has 0 saturated carbocycles. The SMILES string of the molecule is CN1CCC(CNCc2cccc(C(=O)O)c2)C1c1ccc(Cl)c(F)c1. The Hall–Kier alpha value is -1.95. The van der Waals surface area contributed by atoms with Gasteiger partial charge in [0.05, 0.1) is 10.6 Å². The van der Waals surface area contributed by atoms with E-state index in [9.17, 15) is 9.18 Å². The molecule has 3 rings (SSSR count). The van der Waals surface area contributed by atoms with E-state index in [1.54, 1.807) is 24.3 Å². The summed E-state index contributed by atoms with van der Waals surface area (Å²) >= 11 is 5.80. The molecule has 2 atom stereocenters. The lowest BCUT2D eigenvalue weighted by Gasteiger charge is -2.26. The molecule has 26 heavy (non-hydrogen) atoms. The minimum Gasteiger partial charge on any atom is -0.478 e. The maximum absolute atomic E-state index is 13.8. The molecule has 2 aromatic carbocycles. The first-order chi connectivity index (χ1) is 12.5. The second-order valence-electron chi connectivity index (χ2n) is 6.78. The van der Waals surface area contributed by atoms with Gasteiger partial charge in [0.15, 0.2) is 0 Å². The monoisotopic (exact) mass is 376 g/mol. The lowest BCUT2D eigenvalue weighted by Crippen LogP contribution is -2.28. The Balaban J connectivity index is 1.64. The van der Waals surface area contributed by atoms with Crippen LogP contribution in [0.2, 0.25) is 5.02 Å². The van der Waals surface area contributed by atoms with Crippen LogP contribution in [0.4, 0.5) is 4.39 Å². The Morgan fingerprint density at radius 1 is 1.35 bits per heavy atom. The van der Waals surface area contributed by atoms with Crippen molar-refractivity contribution in [2.45, 2.75) is 19.0 Å². The molecule has 2 aromatic rings. The number of carboxylic acid groups (broad SMARTS) is 1. The highest BCUT2D eigenvalue weighted by atomic mass is 35.5. The standard InChI is InChI=1S/C20H22ClFN2O2/c1-24-8-7-16(19(24)14-5-6-17(21)18(22)10-14)12-23-11-13-3-2-4-15(9-13)20(25)26/h2-6,9-10,16,19,23H,7-8,11-12H2,1H3,(H,25,26). The van der Waals surface area contributed by atoms with Crippen LogP contribution in [0.15, 0.2) is 42.5 Å². The highest BCUT2D eigenvalue weighted by Crippen LogP contribution is 2.36. The Bertz CT molecular complexity index is 799. The van der Waals surface area contributed by atoms with Crippen molar-refractivity contribution in [2.75, 3.05) is 20.1 Å². The van der Waals surface area contributed by atoms with E-state index in [1.165, 1.54) is 6.07 Å². The number of nitrogens with one attached hydrogen (secondary N) is 1. The number of aromatic carboxylic acids is 1. The molecule has 2 unspecified atom stereocenters. The van der Waals surface area contributed by atoms with Crippen LogP contribution in [-0.4, -0.2) is 36.1 Å². The number of halogens is 2. The quantitative estimate of drug-likeness (QED) is 0.801. The van der Waals surface area contributed by atoms with E-state index in [0.717, 1.165) is 30.6 Å². The van der Waals surface area contributed by atoms with Gasteiger partial charge in [0.25, 0.3) is 0 Å². The van der Waals surface area contributed by atoms with E-state index >= 15 is 0 Å². The summed E-state index contributed by atoms with van der Waals surface area (Å²) in [5, 5.41) is 12.6. The Morgan fingerprint density at radius 2 is 2.15 bits per heavy atom. The smallest absolute Gasteiger partial charge is 0.335 e. The van der Waals surface area contributed by atoms with E-state index in [2.05, 4.69) is 10.2 Å². The molecule has 1 heterocycles. The van der Waals surface area contributed by atoms with Gasteiger partial charge < -0.3 is 10.4 Å². The van der Waals surface area contributed by atoms with Gasteiger partial charge in [0.2, 0.25) is 0 Å². The molecule has 2 N–H and O–H groups in total. The Morgan fingerprint density at radius 3 is 2.88 bits per heavy atom. The number of carbonyl (C=O) groups is 1. The van der Waals surface area contributed by atoms with Gasteiger partial charge in [-0.1, -0.05) is 29.8 Å². The van der Waals surface area contributed by atoms with Crippen LogP contribution in [0.1, 0.15) is 33.9 Å². The van der Waals surface area contributed by atoms with Crippen LogP contribution in [0.5, 0.6) is 0 Å². The lowest BCUT2D eigenvalue weighted by atomic mass is 9.93. The average Bonchev–Trinajstić information content (AvgIpc) is 2.98. The zero-order valence-corrected chi connectivity index (χ0v) is 15.3. The number of hydrogen-bond acceptors (Lipinski definition) is 3. The normalized spacial score (nSPS) is 20.4.